The number of aromatic nitrogens is 2. The number of hydrogen-bond acceptors (Lipinski definition) is 7. The van der Waals surface area contributed by atoms with Crippen LogP contribution in [0.2, 0.25) is 0 Å². The third-order valence-corrected chi connectivity index (χ3v) is 7.00. The maximum atomic E-state index is 12.8. The second kappa shape index (κ2) is 6.99. The van der Waals surface area contributed by atoms with Gasteiger partial charge in [0.25, 0.3) is 10.1 Å². The van der Waals surface area contributed by atoms with Gasteiger partial charge in [-0.15, -0.1) is 0 Å². The Bertz CT molecular complexity index is 1160. The first kappa shape index (κ1) is 19.6. The number of aryl methyl sites for hydroxylation is 1. The average molecular weight is 422 g/mol. The molecule has 1 N–H and O–H groups in total. The molecule has 0 saturated carbocycles. The van der Waals surface area contributed by atoms with E-state index >= 15 is 0 Å². The van der Waals surface area contributed by atoms with E-state index in [-0.39, 0.29) is 36.1 Å². The van der Waals surface area contributed by atoms with E-state index in [2.05, 4.69) is 9.50 Å². The van der Waals surface area contributed by atoms with Gasteiger partial charge in [0, 0.05) is 38.2 Å². The number of nitrogens with one attached hydrogen (secondary N) is 1. The number of piperidine rings is 1. The van der Waals surface area contributed by atoms with Gasteiger partial charge in [-0.05, 0) is 24.6 Å². The lowest BCUT2D eigenvalue weighted by Gasteiger charge is -2.40. The second-order valence-electron chi connectivity index (χ2n) is 7.51. The number of fused-ring (bicyclic) bond motifs is 1. The summed E-state index contributed by atoms with van der Waals surface area (Å²) < 4.78 is 30.6. The molecule has 2 fully saturated rings. The number of imide groups is 1. The van der Waals surface area contributed by atoms with Crippen LogP contribution in [0.25, 0.3) is 11.0 Å². The van der Waals surface area contributed by atoms with Gasteiger partial charge in [0.15, 0.2) is 0 Å². The highest BCUT2D eigenvalue weighted by Crippen LogP contribution is 2.30. The molecule has 0 aliphatic carbocycles. The molecule has 1 aromatic heterocycles. The zero-order valence-corrected chi connectivity index (χ0v) is 16.9. The third-order valence-electron chi connectivity index (χ3n) is 5.61. The standard InChI is InChI=1S/C18H22N4O6S/c1-20-15-7-12(21-8-11(9-21)10-29(26,27)28-2)3-4-13(15)22(18(20)25)14-5-6-16(23)19-17(14)24/h3-4,7,11,14H,5-6,8-10H2,1-2H3,(H,19,23,24). The maximum absolute atomic E-state index is 12.8. The molecule has 2 aliphatic rings. The summed E-state index contributed by atoms with van der Waals surface area (Å²) in [6.45, 7) is 1.16. The SMILES string of the molecule is COS(=O)(=O)CC1CN(c2ccc3c(c2)n(C)c(=O)n3C2CCC(=O)NC2=O)C1. The van der Waals surface area contributed by atoms with Gasteiger partial charge in [-0.3, -0.25) is 28.2 Å². The summed E-state index contributed by atoms with van der Waals surface area (Å²) in [7, 11) is -0.688. The summed E-state index contributed by atoms with van der Waals surface area (Å²) in [5, 5.41) is 2.29. The van der Waals surface area contributed by atoms with Crippen LogP contribution in [-0.4, -0.2) is 55.3 Å². The van der Waals surface area contributed by atoms with E-state index in [1.165, 1.54) is 9.13 Å². The zero-order chi connectivity index (χ0) is 20.9. The lowest BCUT2D eigenvalue weighted by Crippen LogP contribution is -2.49. The number of carbonyl (C=O) groups excluding carboxylic acids is 2. The number of amides is 2. The fraction of sp³-hybridized carbons (Fsp3) is 0.500. The van der Waals surface area contributed by atoms with Gasteiger partial charge in [0.1, 0.15) is 6.04 Å². The van der Waals surface area contributed by atoms with E-state index in [0.717, 1.165) is 12.8 Å². The molecule has 0 spiro atoms. The summed E-state index contributed by atoms with van der Waals surface area (Å²) >= 11 is 0. The van der Waals surface area contributed by atoms with Crippen molar-refractivity contribution >= 4 is 38.7 Å². The Labute approximate surface area is 167 Å². The minimum absolute atomic E-state index is 0.00691. The van der Waals surface area contributed by atoms with Crippen molar-refractivity contribution in [2.24, 2.45) is 13.0 Å². The van der Waals surface area contributed by atoms with E-state index in [1.807, 2.05) is 17.0 Å². The Balaban J connectivity index is 1.60. The van der Waals surface area contributed by atoms with Crippen LogP contribution in [0.3, 0.4) is 0 Å². The molecule has 10 nitrogen and oxygen atoms in total. The van der Waals surface area contributed by atoms with Crippen LogP contribution in [-0.2, 0) is 30.9 Å². The van der Waals surface area contributed by atoms with Crippen molar-refractivity contribution in [1.29, 1.82) is 0 Å². The average Bonchev–Trinajstić information content (AvgIpc) is 2.89. The van der Waals surface area contributed by atoms with Crippen molar-refractivity contribution in [3.63, 3.8) is 0 Å². The summed E-state index contributed by atoms with van der Waals surface area (Å²) in [6, 6.07) is 4.78. The van der Waals surface area contributed by atoms with Crippen LogP contribution < -0.4 is 15.9 Å². The van der Waals surface area contributed by atoms with Crippen molar-refractivity contribution in [2.75, 3.05) is 30.9 Å². The predicted molar refractivity (Wildman–Crippen MR) is 105 cm³/mol. The monoisotopic (exact) mass is 422 g/mol. The van der Waals surface area contributed by atoms with E-state index in [4.69, 9.17) is 0 Å². The molecule has 2 aliphatic heterocycles. The predicted octanol–water partition coefficient (Wildman–Crippen LogP) is -0.270. The highest BCUT2D eigenvalue weighted by molar-refractivity contribution is 7.86. The molecule has 0 radical (unpaired) electrons. The highest BCUT2D eigenvalue weighted by atomic mass is 32.2. The van der Waals surface area contributed by atoms with Crippen molar-refractivity contribution in [1.82, 2.24) is 14.5 Å². The first-order valence-corrected chi connectivity index (χ1v) is 10.9. The van der Waals surface area contributed by atoms with Crippen LogP contribution >= 0.6 is 0 Å². The van der Waals surface area contributed by atoms with E-state index < -0.39 is 22.1 Å². The molecule has 2 saturated heterocycles. The first-order chi connectivity index (χ1) is 13.7. The van der Waals surface area contributed by atoms with Crippen LogP contribution in [0.15, 0.2) is 23.0 Å². The molecule has 29 heavy (non-hydrogen) atoms. The number of nitrogens with zero attached hydrogens (tertiary/aromatic N) is 3. The van der Waals surface area contributed by atoms with Crippen molar-refractivity contribution in [3.8, 4) is 0 Å². The van der Waals surface area contributed by atoms with Crippen LogP contribution in [0.5, 0.6) is 0 Å². The molecular weight excluding hydrogens is 400 g/mol. The van der Waals surface area contributed by atoms with E-state index in [0.29, 0.717) is 24.1 Å². The molecular formula is C18H22N4O6S. The molecule has 1 unspecified atom stereocenters. The van der Waals surface area contributed by atoms with E-state index in [9.17, 15) is 22.8 Å². The summed E-state index contributed by atoms with van der Waals surface area (Å²) in [6.07, 6.45) is 0.476. The molecule has 156 valence electrons. The van der Waals surface area contributed by atoms with Gasteiger partial charge < -0.3 is 4.90 Å². The van der Waals surface area contributed by atoms with Crippen molar-refractivity contribution in [2.45, 2.75) is 18.9 Å². The Morgan fingerprint density at radius 3 is 2.55 bits per heavy atom. The number of carbonyl (C=O) groups is 2. The molecule has 0 bridgehead atoms. The minimum atomic E-state index is -3.49. The summed E-state index contributed by atoms with van der Waals surface area (Å²) in [5.74, 6) is -0.825. The van der Waals surface area contributed by atoms with Gasteiger partial charge in [0.2, 0.25) is 11.8 Å². The van der Waals surface area contributed by atoms with Crippen LogP contribution in [0.1, 0.15) is 18.9 Å². The Kier molecular flexibility index (Phi) is 4.74. The molecule has 3 heterocycles. The molecule has 1 atom stereocenters. The molecule has 2 amide bonds. The normalized spacial score (nSPS) is 20.8. The largest absolute Gasteiger partial charge is 0.371 e. The summed E-state index contributed by atoms with van der Waals surface area (Å²) in [4.78, 5) is 38.5. The first-order valence-electron chi connectivity index (χ1n) is 9.28. The van der Waals surface area contributed by atoms with Gasteiger partial charge >= 0.3 is 5.69 Å². The third kappa shape index (κ3) is 3.44. The summed E-state index contributed by atoms with van der Waals surface area (Å²) in [5.41, 5.74) is 1.85. The lowest BCUT2D eigenvalue weighted by molar-refractivity contribution is -0.135. The van der Waals surface area contributed by atoms with Gasteiger partial charge in [-0.25, -0.2) is 4.79 Å². The highest BCUT2D eigenvalue weighted by Gasteiger charge is 2.33. The van der Waals surface area contributed by atoms with Gasteiger partial charge in [-0.1, -0.05) is 0 Å². The number of imidazole rings is 1. The second-order valence-corrected chi connectivity index (χ2v) is 9.30. The van der Waals surface area contributed by atoms with E-state index in [1.54, 1.807) is 13.1 Å². The lowest BCUT2D eigenvalue weighted by atomic mass is 10.0. The molecule has 4 rings (SSSR count). The van der Waals surface area contributed by atoms with Gasteiger partial charge in [-0.2, -0.15) is 8.42 Å². The Morgan fingerprint density at radius 1 is 1.17 bits per heavy atom. The number of rotatable bonds is 5. The fourth-order valence-electron chi connectivity index (χ4n) is 4.02. The van der Waals surface area contributed by atoms with Crippen LogP contribution in [0.4, 0.5) is 5.69 Å². The smallest absolute Gasteiger partial charge is 0.329 e. The topological polar surface area (TPSA) is 120 Å². The molecule has 1 aromatic carbocycles. The van der Waals surface area contributed by atoms with Crippen molar-refractivity contribution < 1.29 is 22.2 Å². The molecule has 2 aromatic rings. The number of hydrogen-bond donors (Lipinski definition) is 1. The quantitative estimate of drug-likeness (QED) is 0.520. The number of benzene rings is 1. The van der Waals surface area contributed by atoms with Crippen molar-refractivity contribution in [3.05, 3.63) is 28.7 Å². The van der Waals surface area contributed by atoms with Crippen LogP contribution in [0, 0.1) is 5.92 Å². The minimum Gasteiger partial charge on any atom is -0.371 e. The molecule has 11 heteroatoms. The maximum Gasteiger partial charge on any atom is 0.329 e. The number of anilines is 1. The Morgan fingerprint density at radius 2 is 1.90 bits per heavy atom. The Hall–Kier alpha value is -2.66. The van der Waals surface area contributed by atoms with Gasteiger partial charge in [0.05, 0.1) is 23.9 Å². The fourth-order valence-corrected chi connectivity index (χ4v) is 4.95. The zero-order valence-electron chi connectivity index (χ0n) is 16.1.